The number of amides is 1. The summed E-state index contributed by atoms with van der Waals surface area (Å²) < 4.78 is 7.18. The van der Waals surface area contributed by atoms with Crippen molar-refractivity contribution in [2.24, 2.45) is 0 Å². The van der Waals surface area contributed by atoms with Gasteiger partial charge in [-0.1, -0.05) is 11.6 Å². The van der Waals surface area contributed by atoms with Crippen molar-refractivity contribution in [2.45, 2.75) is 12.8 Å². The van der Waals surface area contributed by atoms with Gasteiger partial charge in [-0.25, -0.2) is 9.67 Å². The third kappa shape index (κ3) is 2.25. The van der Waals surface area contributed by atoms with Gasteiger partial charge in [0.15, 0.2) is 5.82 Å². The van der Waals surface area contributed by atoms with Crippen LogP contribution in [-0.4, -0.2) is 27.8 Å². The maximum absolute atomic E-state index is 11.6. The van der Waals surface area contributed by atoms with Crippen molar-refractivity contribution in [3.8, 4) is 11.4 Å². The number of anilines is 2. The van der Waals surface area contributed by atoms with E-state index >= 15 is 0 Å². The highest BCUT2D eigenvalue weighted by molar-refractivity contribution is 6.30. The Balaban J connectivity index is 1.97. The molecule has 0 fully saturated rings. The van der Waals surface area contributed by atoms with Crippen molar-refractivity contribution in [3.63, 3.8) is 0 Å². The van der Waals surface area contributed by atoms with Crippen LogP contribution in [0.5, 0.6) is 5.75 Å². The highest BCUT2D eigenvalue weighted by Crippen LogP contribution is 2.35. The highest BCUT2D eigenvalue weighted by Gasteiger charge is 2.21. The van der Waals surface area contributed by atoms with Gasteiger partial charge >= 0.3 is 0 Å². The summed E-state index contributed by atoms with van der Waals surface area (Å²) in [4.78, 5) is 15.6. The van der Waals surface area contributed by atoms with Crippen molar-refractivity contribution in [1.29, 1.82) is 0 Å². The van der Waals surface area contributed by atoms with E-state index < -0.39 is 0 Å². The molecule has 0 saturated heterocycles. The highest BCUT2D eigenvalue weighted by atomic mass is 35.5. The van der Waals surface area contributed by atoms with Gasteiger partial charge in [-0.3, -0.25) is 4.79 Å². The number of halogens is 1. The summed E-state index contributed by atoms with van der Waals surface area (Å²) in [6, 6.07) is 5.46. The maximum Gasteiger partial charge on any atom is 0.224 e. The molecule has 0 saturated carbocycles. The first-order valence-corrected chi connectivity index (χ1v) is 7.75. The Morgan fingerprint density at radius 1 is 1.33 bits per heavy atom. The first-order chi connectivity index (χ1) is 11.6. The van der Waals surface area contributed by atoms with E-state index in [1.165, 1.54) is 0 Å². The summed E-state index contributed by atoms with van der Waals surface area (Å²) in [5.74, 6) is 0.944. The summed E-state index contributed by atoms with van der Waals surface area (Å²) in [5.41, 5.74) is 9.25. The SMILES string of the molecule is COc1cc2c(cc1-n1nc(N)c3cnc(Cl)cc31)CCC(=O)N2. The molecule has 2 aromatic heterocycles. The molecule has 1 amide bonds. The molecule has 7 nitrogen and oxygen atoms in total. The fourth-order valence-corrected chi connectivity index (χ4v) is 3.07. The Morgan fingerprint density at radius 3 is 2.96 bits per heavy atom. The maximum atomic E-state index is 11.6. The molecule has 122 valence electrons. The fourth-order valence-electron chi connectivity index (χ4n) is 2.92. The standard InChI is InChI=1S/C16H14ClN5O2/c1-24-13-5-10-8(2-3-15(23)20-10)4-12(13)22-11-6-14(17)19-7-9(11)16(18)21-22/h4-7H,2-3H2,1H3,(H2,18,21)(H,20,23). The van der Waals surface area contributed by atoms with Crippen LogP contribution in [0.3, 0.4) is 0 Å². The molecule has 1 aromatic carbocycles. The zero-order valence-electron chi connectivity index (χ0n) is 12.8. The Hall–Kier alpha value is -2.80. The molecule has 0 spiro atoms. The lowest BCUT2D eigenvalue weighted by Crippen LogP contribution is -2.19. The first-order valence-electron chi connectivity index (χ1n) is 7.37. The van der Waals surface area contributed by atoms with E-state index in [0.717, 1.165) is 22.5 Å². The van der Waals surface area contributed by atoms with Gasteiger partial charge in [0, 0.05) is 30.4 Å². The van der Waals surface area contributed by atoms with Crippen LogP contribution in [0.15, 0.2) is 24.4 Å². The van der Waals surface area contributed by atoms with Gasteiger partial charge in [0.1, 0.15) is 16.6 Å². The van der Waals surface area contributed by atoms with Crippen LogP contribution in [0.25, 0.3) is 16.6 Å². The smallest absolute Gasteiger partial charge is 0.224 e. The average Bonchev–Trinajstić information content (AvgIpc) is 2.89. The first kappa shape index (κ1) is 14.8. The minimum atomic E-state index is 0.00365. The molecule has 3 N–H and O–H groups in total. The number of nitrogen functional groups attached to an aromatic ring is 1. The molecule has 0 unspecified atom stereocenters. The molecule has 8 heteroatoms. The van der Waals surface area contributed by atoms with Crippen LogP contribution in [0.1, 0.15) is 12.0 Å². The summed E-state index contributed by atoms with van der Waals surface area (Å²) >= 11 is 6.02. The molecule has 3 heterocycles. The number of hydrogen-bond acceptors (Lipinski definition) is 5. The van der Waals surface area contributed by atoms with Crippen LogP contribution in [0.2, 0.25) is 5.15 Å². The number of hydrogen-bond donors (Lipinski definition) is 2. The molecular formula is C16H14ClN5O2. The van der Waals surface area contributed by atoms with Gasteiger partial charge in [-0.05, 0) is 18.1 Å². The number of carbonyl (C=O) groups is 1. The third-order valence-electron chi connectivity index (χ3n) is 4.09. The molecular weight excluding hydrogens is 330 g/mol. The number of methoxy groups -OCH3 is 1. The summed E-state index contributed by atoms with van der Waals surface area (Å²) in [5, 5.41) is 8.33. The van der Waals surface area contributed by atoms with Crippen molar-refractivity contribution >= 4 is 39.9 Å². The monoisotopic (exact) mass is 343 g/mol. The van der Waals surface area contributed by atoms with Gasteiger partial charge in [0.25, 0.3) is 0 Å². The number of benzene rings is 1. The van der Waals surface area contributed by atoms with Gasteiger partial charge in [-0.2, -0.15) is 0 Å². The normalized spacial score (nSPS) is 13.7. The summed E-state index contributed by atoms with van der Waals surface area (Å²) in [6.07, 6.45) is 2.72. The molecule has 1 aliphatic rings. The number of pyridine rings is 1. The third-order valence-corrected chi connectivity index (χ3v) is 4.30. The quantitative estimate of drug-likeness (QED) is 0.697. The summed E-state index contributed by atoms with van der Waals surface area (Å²) in [6.45, 7) is 0. The Morgan fingerprint density at radius 2 is 2.17 bits per heavy atom. The number of carbonyl (C=O) groups excluding carboxylic acids is 1. The second-order valence-electron chi connectivity index (χ2n) is 5.55. The largest absolute Gasteiger partial charge is 0.494 e. The van der Waals surface area contributed by atoms with E-state index in [4.69, 9.17) is 22.1 Å². The second-order valence-corrected chi connectivity index (χ2v) is 5.94. The molecule has 24 heavy (non-hydrogen) atoms. The lowest BCUT2D eigenvalue weighted by atomic mass is 10.0. The molecule has 4 rings (SSSR count). The number of fused-ring (bicyclic) bond motifs is 2. The number of ether oxygens (including phenoxy) is 1. The lowest BCUT2D eigenvalue weighted by molar-refractivity contribution is -0.116. The van der Waals surface area contributed by atoms with Crippen molar-refractivity contribution in [2.75, 3.05) is 18.2 Å². The van der Waals surface area contributed by atoms with E-state index in [1.807, 2.05) is 6.07 Å². The van der Waals surface area contributed by atoms with Crippen LogP contribution in [0, 0.1) is 0 Å². The molecule has 0 aliphatic carbocycles. The van der Waals surface area contributed by atoms with E-state index in [2.05, 4.69) is 15.4 Å². The Bertz CT molecular complexity index is 982. The number of aryl methyl sites for hydroxylation is 1. The second kappa shape index (κ2) is 5.38. The zero-order chi connectivity index (χ0) is 16.8. The lowest BCUT2D eigenvalue weighted by Gasteiger charge is -2.20. The average molecular weight is 344 g/mol. The van der Waals surface area contributed by atoms with E-state index in [0.29, 0.717) is 34.9 Å². The molecule has 3 aromatic rings. The predicted molar refractivity (Wildman–Crippen MR) is 91.8 cm³/mol. The van der Waals surface area contributed by atoms with Crippen molar-refractivity contribution in [3.05, 3.63) is 35.1 Å². The van der Waals surface area contributed by atoms with Crippen LogP contribution in [-0.2, 0) is 11.2 Å². The minimum absolute atomic E-state index is 0.00365. The molecule has 0 radical (unpaired) electrons. The van der Waals surface area contributed by atoms with Gasteiger partial charge in [-0.15, -0.1) is 5.10 Å². The van der Waals surface area contributed by atoms with E-state index in [1.54, 1.807) is 30.1 Å². The van der Waals surface area contributed by atoms with Gasteiger partial charge in [0.05, 0.1) is 18.0 Å². The summed E-state index contributed by atoms with van der Waals surface area (Å²) in [7, 11) is 1.57. The van der Waals surface area contributed by atoms with Crippen LogP contribution < -0.4 is 15.8 Å². The number of aromatic nitrogens is 3. The van der Waals surface area contributed by atoms with Gasteiger partial charge < -0.3 is 15.8 Å². The van der Waals surface area contributed by atoms with E-state index in [9.17, 15) is 4.79 Å². The van der Waals surface area contributed by atoms with Crippen molar-refractivity contribution < 1.29 is 9.53 Å². The molecule has 0 atom stereocenters. The number of nitrogens with zero attached hydrogens (tertiary/aromatic N) is 3. The van der Waals surface area contributed by atoms with Gasteiger partial charge in [0.2, 0.25) is 5.91 Å². The molecule has 1 aliphatic heterocycles. The minimum Gasteiger partial charge on any atom is -0.494 e. The fraction of sp³-hybridized carbons (Fsp3) is 0.188. The Kier molecular flexibility index (Phi) is 3.31. The van der Waals surface area contributed by atoms with Crippen molar-refractivity contribution in [1.82, 2.24) is 14.8 Å². The topological polar surface area (TPSA) is 95.1 Å². The van der Waals surface area contributed by atoms with Crippen LogP contribution >= 0.6 is 11.6 Å². The number of rotatable bonds is 2. The van der Waals surface area contributed by atoms with Crippen LogP contribution in [0.4, 0.5) is 11.5 Å². The Labute approximate surface area is 142 Å². The predicted octanol–water partition coefficient (Wildman–Crippen LogP) is 2.55. The van der Waals surface area contributed by atoms with E-state index in [-0.39, 0.29) is 5.91 Å². The zero-order valence-corrected chi connectivity index (χ0v) is 13.6. The number of nitrogens with one attached hydrogen (secondary N) is 1. The molecule has 0 bridgehead atoms. The number of nitrogens with two attached hydrogens (primary N) is 1.